The molecule has 0 radical (unpaired) electrons. The van der Waals surface area contributed by atoms with Crippen molar-refractivity contribution in [1.82, 2.24) is 4.90 Å². The number of hydrogen-bond donors (Lipinski definition) is 1. The van der Waals surface area contributed by atoms with Gasteiger partial charge in [0.05, 0.1) is 6.54 Å². The SMILES string of the molecule is CCC(=O)N(C)CCOc1ccc(/C(=C(/CC)c2ccccc2)c2ccc(O)cc2)cc1. The van der Waals surface area contributed by atoms with E-state index in [1.807, 2.05) is 37.3 Å². The second kappa shape index (κ2) is 11.2. The van der Waals surface area contributed by atoms with Gasteiger partial charge in [-0.1, -0.05) is 68.4 Å². The third-order valence-corrected chi connectivity index (χ3v) is 5.50. The number of benzene rings is 3. The minimum Gasteiger partial charge on any atom is -0.508 e. The van der Waals surface area contributed by atoms with Gasteiger partial charge in [-0.15, -0.1) is 0 Å². The number of allylic oxidation sites excluding steroid dienone is 1. The highest BCUT2D eigenvalue weighted by Gasteiger charge is 2.13. The summed E-state index contributed by atoms with van der Waals surface area (Å²) in [5.74, 6) is 1.13. The summed E-state index contributed by atoms with van der Waals surface area (Å²) in [6, 6.07) is 25.8. The van der Waals surface area contributed by atoms with Gasteiger partial charge in [-0.05, 0) is 58.5 Å². The molecular formula is C28H31NO3. The smallest absolute Gasteiger partial charge is 0.222 e. The predicted molar refractivity (Wildman–Crippen MR) is 131 cm³/mol. The average Bonchev–Trinajstić information content (AvgIpc) is 2.83. The van der Waals surface area contributed by atoms with E-state index >= 15 is 0 Å². The number of likely N-dealkylation sites (N-methyl/N-ethyl adjacent to an activating group) is 1. The number of phenols is 1. The van der Waals surface area contributed by atoms with E-state index in [4.69, 9.17) is 4.74 Å². The highest BCUT2D eigenvalue weighted by Crippen LogP contribution is 2.35. The Balaban J connectivity index is 1.90. The molecule has 0 aliphatic carbocycles. The monoisotopic (exact) mass is 429 g/mol. The van der Waals surface area contributed by atoms with Crippen LogP contribution in [-0.2, 0) is 4.79 Å². The van der Waals surface area contributed by atoms with E-state index in [-0.39, 0.29) is 11.7 Å². The van der Waals surface area contributed by atoms with E-state index < -0.39 is 0 Å². The zero-order valence-corrected chi connectivity index (χ0v) is 19.0. The third kappa shape index (κ3) is 5.79. The molecule has 0 unspecified atom stereocenters. The van der Waals surface area contributed by atoms with Crippen LogP contribution in [0.3, 0.4) is 0 Å². The summed E-state index contributed by atoms with van der Waals surface area (Å²) >= 11 is 0. The lowest BCUT2D eigenvalue weighted by atomic mass is 9.88. The first-order chi connectivity index (χ1) is 15.5. The number of carbonyl (C=O) groups is 1. The maximum Gasteiger partial charge on any atom is 0.222 e. The molecule has 0 fully saturated rings. The van der Waals surface area contributed by atoms with Crippen molar-refractivity contribution in [2.75, 3.05) is 20.2 Å². The maximum absolute atomic E-state index is 11.7. The Labute approximate surface area is 190 Å². The van der Waals surface area contributed by atoms with Gasteiger partial charge >= 0.3 is 0 Å². The molecular weight excluding hydrogens is 398 g/mol. The van der Waals surface area contributed by atoms with Gasteiger partial charge < -0.3 is 14.7 Å². The van der Waals surface area contributed by atoms with Crippen LogP contribution < -0.4 is 4.74 Å². The number of hydrogen-bond acceptors (Lipinski definition) is 3. The number of nitrogens with zero attached hydrogens (tertiary/aromatic N) is 1. The number of aromatic hydroxyl groups is 1. The molecule has 3 rings (SSSR count). The van der Waals surface area contributed by atoms with Crippen molar-refractivity contribution in [3.05, 3.63) is 95.6 Å². The van der Waals surface area contributed by atoms with Crippen LogP contribution in [0.2, 0.25) is 0 Å². The Morgan fingerprint density at radius 3 is 1.97 bits per heavy atom. The van der Waals surface area contributed by atoms with Crippen molar-refractivity contribution in [1.29, 1.82) is 0 Å². The maximum atomic E-state index is 11.7. The summed E-state index contributed by atoms with van der Waals surface area (Å²) < 4.78 is 5.86. The first-order valence-electron chi connectivity index (χ1n) is 11.1. The Hall–Kier alpha value is -3.53. The van der Waals surface area contributed by atoms with Crippen molar-refractivity contribution >= 4 is 17.1 Å². The molecule has 0 heterocycles. The van der Waals surface area contributed by atoms with Crippen LogP contribution >= 0.6 is 0 Å². The van der Waals surface area contributed by atoms with Gasteiger partial charge in [-0.3, -0.25) is 4.79 Å². The molecule has 1 amide bonds. The van der Waals surface area contributed by atoms with Gasteiger partial charge in [-0.25, -0.2) is 0 Å². The largest absolute Gasteiger partial charge is 0.508 e. The fraction of sp³-hybridized carbons (Fsp3) is 0.250. The molecule has 0 aliphatic rings. The minimum atomic E-state index is 0.112. The van der Waals surface area contributed by atoms with Crippen LogP contribution in [0.4, 0.5) is 0 Å². The van der Waals surface area contributed by atoms with Gasteiger partial charge in [0, 0.05) is 13.5 Å². The van der Waals surface area contributed by atoms with Gasteiger partial charge in [0.1, 0.15) is 18.1 Å². The number of amides is 1. The summed E-state index contributed by atoms with van der Waals surface area (Å²) in [5, 5.41) is 9.77. The first-order valence-corrected chi connectivity index (χ1v) is 11.1. The number of carbonyl (C=O) groups excluding carboxylic acids is 1. The van der Waals surface area contributed by atoms with E-state index in [9.17, 15) is 9.90 Å². The first kappa shape index (κ1) is 23.1. The number of phenolic OH excluding ortho intramolecular Hbond substituents is 1. The molecule has 0 spiro atoms. The molecule has 32 heavy (non-hydrogen) atoms. The molecule has 0 saturated carbocycles. The fourth-order valence-electron chi connectivity index (χ4n) is 3.72. The highest BCUT2D eigenvalue weighted by molar-refractivity contribution is 5.98. The molecule has 3 aromatic carbocycles. The van der Waals surface area contributed by atoms with Crippen molar-refractivity contribution in [2.45, 2.75) is 26.7 Å². The summed E-state index contributed by atoms with van der Waals surface area (Å²) in [7, 11) is 1.79. The molecule has 0 atom stereocenters. The minimum absolute atomic E-state index is 0.112. The summed E-state index contributed by atoms with van der Waals surface area (Å²) in [5.41, 5.74) is 5.70. The average molecular weight is 430 g/mol. The van der Waals surface area contributed by atoms with Gasteiger partial charge in [-0.2, -0.15) is 0 Å². The van der Waals surface area contributed by atoms with Crippen molar-refractivity contribution in [3.63, 3.8) is 0 Å². The fourth-order valence-corrected chi connectivity index (χ4v) is 3.72. The lowest BCUT2D eigenvalue weighted by Crippen LogP contribution is -2.30. The van der Waals surface area contributed by atoms with Crippen LogP contribution in [0, 0.1) is 0 Å². The molecule has 4 nitrogen and oxygen atoms in total. The normalized spacial score (nSPS) is 11.6. The molecule has 0 aliphatic heterocycles. The van der Waals surface area contributed by atoms with E-state index in [0.717, 1.165) is 28.9 Å². The molecule has 0 bridgehead atoms. The van der Waals surface area contributed by atoms with Gasteiger partial charge in [0.15, 0.2) is 0 Å². The quantitative estimate of drug-likeness (QED) is 0.424. The molecule has 1 N–H and O–H groups in total. The lowest BCUT2D eigenvalue weighted by Gasteiger charge is -2.18. The molecule has 3 aromatic rings. The van der Waals surface area contributed by atoms with Crippen LogP contribution in [-0.4, -0.2) is 36.1 Å². The van der Waals surface area contributed by atoms with E-state index in [2.05, 4.69) is 43.3 Å². The number of ether oxygens (including phenoxy) is 1. The van der Waals surface area contributed by atoms with E-state index in [1.54, 1.807) is 24.1 Å². The van der Waals surface area contributed by atoms with Crippen LogP contribution in [0.15, 0.2) is 78.9 Å². The predicted octanol–water partition coefficient (Wildman–Crippen LogP) is 6.01. The summed E-state index contributed by atoms with van der Waals surface area (Å²) in [6.45, 7) is 5.03. The Bertz CT molecular complexity index is 1040. The zero-order chi connectivity index (χ0) is 22.9. The molecule has 4 heteroatoms. The van der Waals surface area contributed by atoms with Crippen LogP contribution in [0.5, 0.6) is 11.5 Å². The second-order valence-corrected chi connectivity index (χ2v) is 7.66. The van der Waals surface area contributed by atoms with E-state index in [0.29, 0.717) is 19.6 Å². The molecule has 0 saturated heterocycles. The highest BCUT2D eigenvalue weighted by atomic mass is 16.5. The summed E-state index contributed by atoms with van der Waals surface area (Å²) in [4.78, 5) is 13.4. The number of rotatable bonds is 9. The van der Waals surface area contributed by atoms with Crippen molar-refractivity contribution < 1.29 is 14.6 Å². The Morgan fingerprint density at radius 1 is 0.812 bits per heavy atom. The third-order valence-electron chi connectivity index (χ3n) is 5.50. The van der Waals surface area contributed by atoms with Crippen LogP contribution in [0.25, 0.3) is 11.1 Å². The second-order valence-electron chi connectivity index (χ2n) is 7.66. The lowest BCUT2D eigenvalue weighted by molar-refractivity contribution is -0.129. The molecule has 0 aromatic heterocycles. The van der Waals surface area contributed by atoms with Crippen LogP contribution in [0.1, 0.15) is 43.4 Å². The standard InChI is InChI=1S/C28H31NO3/c1-4-26(21-9-7-6-8-10-21)28(22-11-15-24(30)16-12-22)23-13-17-25(18-14-23)32-20-19-29(3)27(31)5-2/h6-18,30H,4-5,19-20H2,1-3H3/b28-26-. The van der Waals surface area contributed by atoms with E-state index in [1.165, 1.54) is 11.1 Å². The topological polar surface area (TPSA) is 49.8 Å². The van der Waals surface area contributed by atoms with Gasteiger partial charge in [0.2, 0.25) is 5.91 Å². The Kier molecular flexibility index (Phi) is 8.09. The molecule has 166 valence electrons. The van der Waals surface area contributed by atoms with Crippen molar-refractivity contribution in [2.24, 2.45) is 0 Å². The zero-order valence-electron chi connectivity index (χ0n) is 19.0. The van der Waals surface area contributed by atoms with Crippen molar-refractivity contribution in [3.8, 4) is 11.5 Å². The Morgan fingerprint density at radius 2 is 1.41 bits per heavy atom. The van der Waals surface area contributed by atoms with Gasteiger partial charge in [0.25, 0.3) is 0 Å². The summed E-state index contributed by atoms with van der Waals surface area (Å²) in [6.07, 6.45) is 1.37.